The van der Waals surface area contributed by atoms with E-state index in [-0.39, 0.29) is 17.3 Å². The first-order valence-corrected chi connectivity index (χ1v) is 5.68. The van der Waals surface area contributed by atoms with Gasteiger partial charge < -0.3 is 15.5 Å². The molecule has 0 amide bonds. The van der Waals surface area contributed by atoms with Crippen LogP contribution in [0.3, 0.4) is 0 Å². The Morgan fingerprint density at radius 1 is 1.33 bits per heavy atom. The Morgan fingerprint density at radius 3 is 2.44 bits per heavy atom. The fourth-order valence-corrected chi connectivity index (χ4v) is 1.38. The topological polar surface area (TPSA) is 96.2 Å². The molecule has 1 aromatic rings. The van der Waals surface area contributed by atoms with Crippen LogP contribution in [-0.2, 0) is 0 Å². The molecule has 8 nitrogen and oxygen atoms in total. The molecule has 0 saturated heterocycles. The van der Waals surface area contributed by atoms with E-state index >= 15 is 0 Å². The fourth-order valence-electron chi connectivity index (χ4n) is 1.38. The van der Waals surface area contributed by atoms with Crippen molar-refractivity contribution in [2.75, 3.05) is 44.4 Å². The number of likely N-dealkylation sites (N-methyl/N-ethyl adjacent to an activating group) is 1. The van der Waals surface area contributed by atoms with E-state index in [1.807, 2.05) is 25.9 Å². The predicted octanol–water partition coefficient (Wildman–Crippen LogP) is 0.790. The fraction of sp³-hybridized carbons (Fsp3) is 0.600. The molecule has 0 atom stereocenters. The van der Waals surface area contributed by atoms with Gasteiger partial charge in [0.05, 0.1) is 4.92 Å². The summed E-state index contributed by atoms with van der Waals surface area (Å²) < 4.78 is 0. The summed E-state index contributed by atoms with van der Waals surface area (Å²) in [5.74, 6) is 0.484. The van der Waals surface area contributed by atoms with Crippen LogP contribution >= 0.6 is 0 Å². The lowest BCUT2D eigenvalue weighted by molar-refractivity contribution is -0.383. The number of hydrogen-bond acceptors (Lipinski definition) is 7. The van der Waals surface area contributed by atoms with Crippen molar-refractivity contribution in [3.05, 3.63) is 16.4 Å². The largest absolute Gasteiger partial charge is 0.364 e. The zero-order valence-electron chi connectivity index (χ0n) is 10.8. The molecule has 0 radical (unpaired) electrons. The van der Waals surface area contributed by atoms with Gasteiger partial charge in [-0.1, -0.05) is 0 Å². The van der Waals surface area contributed by atoms with E-state index in [2.05, 4.69) is 20.6 Å². The van der Waals surface area contributed by atoms with Gasteiger partial charge in [-0.2, -0.15) is 0 Å². The monoisotopic (exact) mass is 254 g/mol. The second-order valence-electron chi connectivity index (χ2n) is 3.94. The molecule has 8 heteroatoms. The Bertz CT molecular complexity index is 409. The number of nitrogens with zero attached hydrogens (tertiary/aromatic N) is 4. The van der Waals surface area contributed by atoms with E-state index in [0.717, 1.165) is 6.54 Å². The minimum absolute atomic E-state index is 0.113. The zero-order valence-corrected chi connectivity index (χ0v) is 10.8. The van der Waals surface area contributed by atoms with E-state index < -0.39 is 4.92 Å². The molecular formula is C10H18N6O2. The van der Waals surface area contributed by atoms with Crippen molar-refractivity contribution in [3.8, 4) is 0 Å². The van der Waals surface area contributed by atoms with E-state index in [1.54, 1.807) is 0 Å². The highest BCUT2D eigenvalue weighted by Crippen LogP contribution is 2.28. The van der Waals surface area contributed by atoms with Gasteiger partial charge in [0.1, 0.15) is 6.33 Å². The molecule has 1 heterocycles. The van der Waals surface area contributed by atoms with Gasteiger partial charge in [0, 0.05) is 19.6 Å². The lowest BCUT2D eigenvalue weighted by Crippen LogP contribution is -2.21. The molecule has 2 N–H and O–H groups in total. The number of aromatic nitrogens is 2. The molecule has 0 aromatic carbocycles. The normalized spacial score (nSPS) is 10.4. The van der Waals surface area contributed by atoms with Gasteiger partial charge in [0.25, 0.3) is 0 Å². The standard InChI is InChI=1S/C10H18N6O2/c1-4-11-9-8(16(17)18)10(14-7-13-9)12-5-6-15(2)3/h7H,4-6H2,1-3H3,(H2,11,12,13,14). The SMILES string of the molecule is CCNc1ncnc(NCCN(C)C)c1[N+](=O)[O-]. The number of hydrogen-bond donors (Lipinski definition) is 2. The summed E-state index contributed by atoms with van der Waals surface area (Å²) in [6, 6.07) is 0. The summed E-state index contributed by atoms with van der Waals surface area (Å²) in [6.45, 7) is 3.76. The van der Waals surface area contributed by atoms with Crippen LogP contribution in [-0.4, -0.2) is 53.5 Å². The lowest BCUT2D eigenvalue weighted by atomic mass is 10.4. The maximum absolute atomic E-state index is 11.0. The Kier molecular flexibility index (Phi) is 5.25. The van der Waals surface area contributed by atoms with E-state index in [0.29, 0.717) is 13.1 Å². The van der Waals surface area contributed by atoms with Crippen LogP contribution in [0.1, 0.15) is 6.92 Å². The minimum Gasteiger partial charge on any atom is -0.364 e. The first-order chi connectivity index (χ1) is 8.56. The van der Waals surface area contributed by atoms with Crippen LogP contribution in [0.25, 0.3) is 0 Å². The van der Waals surface area contributed by atoms with Gasteiger partial charge in [-0.05, 0) is 21.0 Å². The second-order valence-corrected chi connectivity index (χ2v) is 3.94. The highest BCUT2D eigenvalue weighted by molar-refractivity contribution is 5.69. The Hall–Kier alpha value is -1.96. The van der Waals surface area contributed by atoms with Gasteiger partial charge >= 0.3 is 5.69 Å². The third kappa shape index (κ3) is 3.81. The smallest absolute Gasteiger partial charge is 0.353 e. The van der Waals surface area contributed by atoms with Crippen molar-refractivity contribution in [1.82, 2.24) is 14.9 Å². The van der Waals surface area contributed by atoms with Crippen molar-refractivity contribution in [2.24, 2.45) is 0 Å². The van der Waals surface area contributed by atoms with E-state index in [9.17, 15) is 10.1 Å². The highest BCUT2D eigenvalue weighted by atomic mass is 16.6. The molecule has 100 valence electrons. The van der Waals surface area contributed by atoms with Crippen LogP contribution < -0.4 is 10.6 Å². The molecule has 0 bridgehead atoms. The molecule has 0 fully saturated rings. The summed E-state index contributed by atoms with van der Waals surface area (Å²) in [5.41, 5.74) is -0.113. The van der Waals surface area contributed by atoms with Gasteiger partial charge in [-0.15, -0.1) is 0 Å². The molecular weight excluding hydrogens is 236 g/mol. The maximum atomic E-state index is 11.0. The van der Waals surface area contributed by atoms with E-state index in [1.165, 1.54) is 6.33 Å². The van der Waals surface area contributed by atoms with Crippen LogP contribution in [0.4, 0.5) is 17.3 Å². The van der Waals surface area contributed by atoms with Crippen molar-refractivity contribution < 1.29 is 4.92 Å². The molecule has 0 aliphatic carbocycles. The second kappa shape index (κ2) is 6.70. The van der Waals surface area contributed by atoms with E-state index in [4.69, 9.17) is 0 Å². The zero-order chi connectivity index (χ0) is 13.5. The predicted molar refractivity (Wildman–Crippen MR) is 69.9 cm³/mol. The molecule has 0 saturated carbocycles. The van der Waals surface area contributed by atoms with Crippen molar-refractivity contribution in [2.45, 2.75) is 6.92 Å². The lowest BCUT2D eigenvalue weighted by Gasteiger charge is -2.11. The van der Waals surface area contributed by atoms with Gasteiger partial charge in [0.2, 0.25) is 11.6 Å². The molecule has 0 aliphatic rings. The number of rotatable bonds is 7. The summed E-state index contributed by atoms with van der Waals surface area (Å²) in [6.07, 6.45) is 1.31. The first-order valence-electron chi connectivity index (χ1n) is 5.68. The third-order valence-electron chi connectivity index (χ3n) is 2.20. The quantitative estimate of drug-likeness (QED) is 0.548. The van der Waals surface area contributed by atoms with Gasteiger partial charge in [-0.25, -0.2) is 9.97 Å². The Balaban J connectivity index is 2.88. The molecule has 1 rings (SSSR count). The van der Waals surface area contributed by atoms with Crippen molar-refractivity contribution >= 4 is 17.3 Å². The van der Waals surface area contributed by atoms with Crippen LogP contribution in [0.5, 0.6) is 0 Å². The average Bonchev–Trinajstić information content (AvgIpc) is 2.28. The number of anilines is 2. The maximum Gasteiger partial charge on any atom is 0.353 e. The number of nitro groups is 1. The van der Waals surface area contributed by atoms with Gasteiger partial charge in [-0.3, -0.25) is 10.1 Å². The molecule has 0 unspecified atom stereocenters. The Morgan fingerprint density at radius 2 is 1.94 bits per heavy atom. The summed E-state index contributed by atoms with van der Waals surface area (Å²) in [7, 11) is 3.86. The highest BCUT2D eigenvalue weighted by Gasteiger charge is 2.21. The molecule has 1 aromatic heterocycles. The summed E-state index contributed by atoms with van der Waals surface area (Å²) in [5, 5.41) is 16.9. The van der Waals surface area contributed by atoms with Gasteiger partial charge in [0.15, 0.2) is 0 Å². The first kappa shape index (κ1) is 14.1. The number of nitrogens with one attached hydrogen (secondary N) is 2. The summed E-state index contributed by atoms with van der Waals surface area (Å²) >= 11 is 0. The molecule has 18 heavy (non-hydrogen) atoms. The summed E-state index contributed by atoms with van der Waals surface area (Å²) in [4.78, 5) is 20.3. The van der Waals surface area contributed by atoms with Crippen LogP contribution in [0.15, 0.2) is 6.33 Å². The average molecular weight is 254 g/mol. The minimum atomic E-state index is -0.476. The van der Waals surface area contributed by atoms with Crippen LogP contribution in [0, 0.1) is 10.1 Å². The van der Waals surface area contributed by atoms with Crippen LogP contribution in [0.2, 0.25) is 0 Å². The molecule has 0 spiro atoms. The van der Waals surface area contributed by atoms with Crippen molar-refractivity contribution in [1.29, 1.82) is 0 Å². The molecule has 0 aliphatic heterocycles. The third-order valence-corrected chi connectivity index (χ3v) is 2.20. The Labute approximate surface area is 106 Å². The van der Waals surface area contributed by atoms with Crippen molar-refractivity contribution in [3.63, 3.8) is 0 Å².